The van der Waals surface area contributed by atoms with Crippen LogP contribution in [0.3, 0.4) is 0 Å². The van der Waals surface area contributed by atoms with Gasteiger partial charge in [-0.3, -0.25) is 0 Å². The fourth-order valence-corrected chi connectivity index (χ4v) is 3.73. The first kappa shape index (κ1) is 21.8. The Kier molecular flexibility index (Phi) is 6.13. The second kappa shape index (κ2) is 8.99. The van der Waals surface area contributed by atoms with Crippen LogP contribution < -0.4 is 0 Å². The van der Waals surface area contributed by atoms with Crippen LogP contribution in [0.25, 0.3) is 33.4 Å². The van der Waals surface area contributed by atoms with Gasteiger partial charge in [-0.1, -0.05) is 74.5 Å². The maximum Gasteiger partial charge on any atom is 0.194 e. The molecule has 4 aromatic rings. The summed E-state index contributed by atoms with van der Waals surface area (Å²) in [7, 11) is 0. The quantitative estimate of drug-likeness (QED) is 0.218. The molecule has 0 bridgehead atoms. The highest BCUT2D eigenvalue weighted by Gasteiger charge is 2.15. The maximum absolute atomic E-state index is 14.7. The Bertz CT molecular complexity index is 1220. The van der Waals surface area contributed by atoms with E-state index in [1.807, 2.05) is 24.3 Å². The molecule has 0 N–H and O–H groups in total. The van der Waals surface area contributed by atoms with Crippen LogP contribution in [0, 0.1) is 23.3 Å². The lowest BCUT2D eigenvalue weighted by molar-refractivity contribution is 0.447. The monoisotopic (exact) mass is 434 g/mol. The topological polar surface area (TPSA) is 0 Å². The molecular formula is C28H22F4. The summed E-state index contributed by atoms with van der Waals surface area (Å²) in [6, 6.07) is 22.3. The zero-order valence-electron chi connectivity index (χ0n) is 17.8. The average molecular weight is 434 g/mol. The van der Waals surface area contributed by atoms with Crippen molar-refractivity contribution in [2.24, 2.45) is 0 Å². The summed E-state index contributed by atoms with van der Waals surface area (Å²) in [5.41, 5.74) is 4.86. The summed E-state index contributed by atoms with van der Waals surface area (Å²) >= 11 is 0. The Hall–Kier alpha value is -3.40. The third kappa shape index (κ3) is 4.31. The van der Waals surface area contributed by atoms with Gasteiger partial charge < -0.3 is 0 Å². The van der Waals surface area contributed by atoms with Crippen LogP contribution in [0.1, 0.15) is 31.7 Å². The van der Waals surface area contributed by atoms with Crippen molar-refractivity contribution in [2.45, 2.75) is 26.2 Å². The Balaban J connectivity index is 1.59. The van der Waals surface area contributed by atoms with Crippen molar-refractivity contribution < 1.29 is 17.6 Å². The van der Waals surface area contributed by atoms with E-state index in [-0.39, 0.29) is 11.1 Å². The molecule has 0 nitrogen and oxygen atoms in total. The summed E-state index contributed by atoms with van der Waals surface area (Å²) in [5, 5.41) is 0. The van der Waals surface area contributed by atoms with Crippen LogP contribution in [-0.4, -0.2) is 0 Å². The van der Waals surface area contributed by atoms with Gasteiger partial charge in [-0.2, -0.15) is 0 Å². The molecule has 0 saturated heterocycles. The van der Waals surface area contributed by atoms with Crippen molar-refractivity contribution in [3.8, 4) is 33.4 Å². The summed E-state index contributed by atoms with van der Waals surface area (Å²) < 4.78 is 55.0. The number of hydrogen-bond acceptors (Lipinski definition) is 0. The van der Waals surface area contributed by atoms with Gasteiger partial charge in [0.15, 0.2) is 17.5 Å². The molecule has 4 rings (SSSR count). The van der Waals surface area contributed by atoms with E-state index in [4.69, 9.17) is 0 Å². The highest BCUT2D eigenvalue weighted by Crippen LogP contribution is 2.31. The summed E-state index contributed by atoms with van der Waals surface area (Å²) in [5.74, 6) is -4.39. The van der Waals surface area contributed by atoms with Gasteiger partial charge in [-0.15, -0.1) is 0 Å². The molecule has 4 heteroatoms. The van der Waals surface area contributed by atoms with Crippen LogP contribution in [0.5, 0.6) is 0 Å². The van der Waals surface area contributed by atoms with Crippen molar-refractivity contribution in [1.82, 2.24) is 0 Å². The lowest BCUT2D eigenvalue weighted by Gasteiger charge is -2.11. The van der Waals surface area contributed by atoms with Crippen molar-refractivity contribution in [1.29, 1.82) is 0 Å². The fraction of sp³-hybridized carbons (Fsp3) is 0.143. The van der Waals surface area contributed by atoms with Crippen molar-refractivity contribution >= 4 is 0 Å². The second-order valence-corrected chi connectivity index (χ2v) is 7.96. The van der Waals surface area contributed by atoms with Crippen molar-refractivity contribution in [2.75, 3.05) is 0 Å². The number of benzene rings is 4. The van der Waals surface area contributed by atoms with Crippen molar-refractivity contribution in [3.05, 3.63) is 108 Å². The molecule has 0 amide bonds. The SMILES string of the molecule is CCC(C)c1ccc(-c2ccc(-c3ccc(-c4cc(F)c(F)c(F)c4)c(F)c3)cc2)cc1. The fourth-order valence-electron chi connectivity index (χ4n) is 3.73. The standard InChI is InChI=1S/C28H22F4/c1-3-17(2)18-4-6-19(7-5-18)20-8-10-21(11-9-20)22-12-13-24(25(29)14-22)23-15-26(30)28(32)27(31)16-23/h4-17H,3H2,1-2H3. The molecule has 0 aromatic heterocycles. The van der Waals surface area contributed by atoms with Gasteiger partial charge in [0.1, 0.15) is 5.82 Å². The lowest BCUT2D eigenvalue weighted by Crippen LogP contribution is -1.94. The third-order valence-corrected chi connectivity index (χ3v) is 5.91. The minimum Gasteiger partial charge on any atom is -0.206 e. The van der Waals surface area contributed by atoms with Crippen molar-refractivity contribution in [3.63, 3.8) is 0 Å². The average Bonchev–Trinajstić information content (AvgIpc) is 2.82. The molecule has 162 valence electrons. The number of rotatable bonds is 5. The smallest absolute Gasteiger partial charge is 0.194 e. The largest absolute Gasteiger partial charge is 0.206 e. The second-order valence-electron chi connectivity index (χ2n) is 7.96. The van der Waals surface area contributed by atoms with E-state index in [9.17, 15) is 17.6 Å². The van der Waals surface area contributed by atoms with Gasteiger partial charge >= 0.3 is 0 Å². The molecule has 1 unspecified atom stereocenters. The molecule has 1 atom stereocenters. The minimum absolute atomic E-state index is 0.00423. The minimum atomic E-state index is -1.57. The molecular weight excluding hydrogens is 412 g/mol. The normalized spacial score (nSPS) is 12.1. The summed E-state index contributed by atoms with van der Waals surface area (Å²) in [6.45, 7) is 4.38. The summed E-state index contributed by atoms with van der Waals surface area (Å²) in [4.78, 5) is 0. The Morgan fingerprint density at radius 3 is 1.50 bits per heavy atom. The first-order valence-corrected chi connectivity index (χ1v) is 10.5. The van der Waals surface area contributed by atoms with E-state index in [2.05, 4.69) is 38.1 Å². The molecule has 0 fully saturated rings. The van der Waals surface area contributed by atoms with Crippen LogP contribution in [0.2, 0.25) is 0 Å². The summed E-state index contributed by atoms with van der Waals surface area (Å²) in [6.07, 6.45) is 1.09. The molecule has 0 aliphatic carbocycles. The molecule has 0 radical (unpaired) electrons. The highest BCUT2D eigenvalue weighted by molar-refractivity contribution is 5.73. The van der Waals surface area contributed by atoms with Gasteiger partial charge in [0.05, 0.1) is 0 Å². The van der Waals surface area contributed by atoms with E-state index in [1.54, 1.807) is 6.07 Å². The molecule has 4 aromatic carbocycles. The molecule has 32 heavy (non-hydrogen) atoms. The first-order chi connectivity index (χ1) is 15.4. The zero-order valence-corrected chi connectivity index (χ0v) is 17.8. The van der Waals surface area contributed by atoms with Crippen LogP contribution >= 0.6 is 0 Å². The zero-order chi connectivity index (χ0) is 22.8. The molecule has 0 spiro atoms. The van der Waals surface area contributed by atoms with Gasteiger partial charge in [0, 0.05) is 5.56 Å². The Morgan fingerprint density at radius 2 is 1.00 bits per heavy atom. The van der Waals surface area contributed by atoms with Gasteiger partial charge in [-0.05, 0) is 63.9 Å². The Labute approximate surface area is 185 Å². The third-order valence-electron chi connectivity index (χ3n) is 5.91. The number of hydrogen-bond donors (Lipinski definition) is 0. The predicted molar refractivity (Wildman–Crippen MR) is 121 cm³/mol. The van der Waals surface area contributed by atoms with E-state index < -0.39 is 23.3 Å². The van der Waals surface area contributed by atoms with Gasteiger partial charge in [-0.25, -0.2) is 17.6 Å². The van der Waals surface area contributed by atoms with Crippen LogP contribution in [-0.2, 0) is 0 Å². The van der Waals surface area contributed by atoms with E-state index in [1.165, 1.54) is 17.7 Å². The molecule has 0 heterocycles. The van der Waals surface area contributed by atoms with Gasteiger partial charge in [0.25, 0.3) is 0 Å². The molecule has 0 saturated carbocycles. The maximum atomic E-state index is 14.7. The molecule has 0 aliphatic heterocycles. The van der Waals surface area contributed by atoms with E-state index in [0.29, 0.717) is 11.5 Å². The van der Waals surface area contributed by atoms with Crippen LogP contribution in [0.4, 0.5) is 17.6 Å². The molecule has 0 aliphatic rings. The first-order valence-electron chi connectivity index (χ1n) is 10.5. The van der Waals surface area contributed by atoms with Gasteiger partial charge in [0.2, 0.25) is 0 Å². The highest BCUT2D eigenvalue weighted by atomic mass is 19.2. The lowest BCUT2D eigenvalue weighted by atomic mass is 9.95. The Morgan fingerprint density at radius 1 is 0.562 bits per heavy atom. The predicted octanol–water partition coefficient (Wildman–Crippen LogP) is 8.76. The van der Waals surface area contributed by atoms with E-state index >= 15 is 0 Å². The van der Waals surface area contributed by atoms with Crippen LogP contribution in [0.15, 0.2) is 78.9 Å². The number of halogens is 4. The van der Waals surface area contributed by atoms with E-state index in [0.717, 1.165) is 35.2 Å².